The molecule has 0 radical (unpaired) electrons. The van der Waals surface area contributed by atoms with E-state index in [9.17, 15) is 13.2 Å². The molecule has 1 amide bonds. The monoisotopic (exact) mass is 432 g/mol. The van der Waals surface area contributed by atoms with E-state index in [1.54, 1.807) is 37.3 Å². The minimum absolute atomic E-state index is 0.0271. The predicted molar refractivity (Wildman–Crippen MR) is 106 cm³/mol. The molecule has 0 fully saturated rings. The number of nitrogens with two attached hydrogens (primary N) is 1. The molecule has 2 atom stereocenters. The number of carbonyl (C=O) groups excluding carboxylic acids is 1. The normalized spacial score (nSPS) is 13.9. The van der Waals surface area contributed by atoms with Crippen LogP contribution < -0.4 is 10.5 Å². The number of carbonyl (C=O) groups is 1. The van der Waals surface area contributed by atoms with Crippen LogP contribution in [0.4, 0.5) is 0 Å². The third-order valence-corrected chi connectivity index (χ3v) is 6.40. The van der Waals surface area contributed by atoms with Crippen molar-refractivity contribution in [1.82, 2.24) is 5.32 Å². The standard InChI is InChI=1S/C17H18Cl2N2O3S2/c1-10(12-3-6-14(7-4-12)26(20,23)24)21-17(22)11(2)25-16-9-13(18)5-8-15(16)19/h3-11H,1-2H3,(H,21,22)(H2,20,23,24). The lowest BCUT2D eigenvalue weighted by molar-refractivity contribution is -0.120. The van der Waals surface area contributed by atoms with Gasteiger partial charge in [-0.15, -0.1) is 11.8 Å². The third-order valence-electron chi connectivity index (χ3n) is 3.63. The first-order valence-electron chi connectivity index (χ1n) is 7.63. The van der Waals surface area contributed by atoms with E-state index >= 15 is 0 Å². The lowest BCUT2D eigenvalue weighted by atomic mass is 10.1. The van der Waals surface area contributed by atoms with Gasteiger partial charge in [0.15, 0.2) is 0 Å². The van der Waals surface area contributed by atoms with E-state index in [-0.39, 0.29) is 16.8 Å². The molecule has 0 aliphatic rings. The van der Waals surface area contributed by atoms with Crippen LogP contribution >= 0.6 is 35.0 Å². The molecule has 3 N–H and O–H groups in total. The van der Waals surface area contributed by atoms with Gasteiger partial charge in [-0.05, 0) is 49.7 Å². The van der Waals surface area contributed by atoms with Crippen molar-refractivity contribution in [1.29, 1.82) is 0 Å². The summed E-state index contributed by atoms with van der Waals surface area (Å²) in [6.45, 7) is 3.58. The molecule has 26 heavy (non-hydrogen) atoms. The fourth-order valence-electron chi connectivity index (χ4n) is 2.17. The van der Waals surface area contributed by atoms with Crippen molar-refractivity contribution in [2.45, 2.75) is 34.9 Å². The molecule has 0 spiro atoms. The van der Waals surface area contributed by atoms with Crippen LogP contribution in [0.25, 0.3) is 0 Å². The maximum atomic E-state index is 12.4. The van der Waals surface area contributed by atoms with Crippen LogP contribution in [0.15, 0.2) is 52.3 Å². The van der Waals surface area contributed by atoms with E-state index in [0.29, 0.717) is 10.0 Å². The molecule has 2 aromatic rings. The number of hydrogen-bond donors (Lipinski definition) is 2. The summed E-state index contributed by atoms with van der Waals surface area (Å²) in [5.41, 5.74) is 0.767. The highest BCUT2D eigenvalue weighted by molar-refractivity contribution is 8.00. The van der Waals surface area contributed by atoms with E-state index in [4.69, 9.17) is 28.3 Å². The summed E-state index contributed by atoms with van der Waals surface area (Å²) in [6, 6.07) is 10.9. The summed E-state index contributed by atoms with van der Waals surface area (Å²) < 4.78 is 22.6. The van der Waals surface area contributed by atoms with Crippen LogP contribution in [0.1, 0.15) is 25.5 Å². The Morgan fingerprint density at radius 2 is 1.73 bits per heavy atom. The summed E-state index contributed by atoms with van der Waals surface area (Å²) in [6.07, 6.45) is 0. The van der Waals surface area contributed by atoms with E-state index in [0.717, 1.165) is 10.5 Å². The molecule has 2 rings (SSSR count). The SMILES string of the molecule is CC(Sc1cc(Cl)ccc1Cl)C(=O)NC(C)c1ccc(S(N)(=O)=O)cc1. The van der Waals surface area contributed by atoms with E-state index in [2.05, 4.69) is 5.32 Å². The topological polar surface area (TPSA) is 89.3 Å². The minimum atomic E-state index is -3.74. The van der Waals surface area contributed by atoms with Crippen molar-refractivity contribution in [3.63, 3.8) is 0 Å². The second kappa shape index (κ2) is 8.63. The molecule has 9 heteroatoms. The third kappa shape index (κ3) is 5.62. The fourth-order valence-corrected chi connectivity index (χ4v) is 4.11. The van der Waals surface area contributed by atoms with Gasteiger partial charge in [0, 0.05) is 9.92 Å². The first-order valence-corrected chi connectivity index (χ1v) is 10.8. The Kier molecular flexibility index (Phi) is 6.99. The number of nitrogens with one attached hydrogen (secondary N) is 1. The van der Waals surface area contributed by atoms with Crippen molar-refractivity contribution in [3.05, 3.63) is 58.1 Å². The second-order valence-electron chi connectivity index (χ2n) is 5.68. The van der Waals surface area contributed by atoms with Crippen LogP contribution in [0, 0.1) is 0 Å². The van der Waals surface area contributed by atoms with Gasteiger partial charge in [0.2, 0.25) is 15.9 Å². The average Bonchev–Trinajstić information content (AvgIpc) is 2.57. The highest BCUT2D eigenvalue weighted by Crippen LogP contribution is 2.33. The van der Waals surface area contributed by atoms with Crippen LogP contribution in [0.5, 0.6) is 0 Å². The number of thioether (sulfide) groups is 1. The van der Waals surface area contributed by atoms with Gasteiger partial charge in [-0.1, -0.05) is 35.3 Å². The Morgan fingerprint density at radius 3 is 2.31 bits per heavy atom. The van der Waals surface area contributed by atoms with Gasteiger partial charge in [-0.3, -0.25) is 4.79 Å². The number of rotatable bonds is 6. The van der Waals surface area contributed by atoms with Crippen molar-refractivity contribution in [2.24, 2.45) is 5.14 Å². The molecule has 2 aromatic carbocycles. The molecule has 0 saturated carbocycles. The number of halogens is 2. The summed E-state index contributed by atoms with van der Waals surface area (Å²) in [7, 11) is -3.74. The van der Waals surface area contributed by atoms with Crippen molar-refractivity contribution >= 4 is 50.9 Å². The molecule has 0 aromatic heterocycles. The van der Waals surface area contributed by atoms with Crippen LogP contribution in [0.3, 0.4) is 0 Å². The van der Waals surface area contributed by atoms with E-state index < -0.39 is 15.3 Å². The first kappa shape index (κ1) is 21.1. The molecule has 140 valence electrons. The molecule has 0 aliphatic carbocycles. The fraction of sp³-hybridized carbons (Fsp3) is 0.235. The molecule has 0 aliphatic heterocycles. The van der Waals surface area contributed by atoms with Crippen LogP contribution in [-0.4, -0.2) is 19.6 Å². The highest BCUT2D eigenvalue weighted by Gasteiger charge is 2.19. The maximum Gasteiger partial charge on any atom is 0.238 e. The number of amides is 1. The van der Waals surface area contributed by atoms with Crippen LogP contribution in [0.2, 0.25) is 10.0 Å². The summed E-state index contributed by atoms with van der Waals surface area (Å²) >= 11 is 13.4. The minimum Gasteiger partial charge on any atom is -0.349 e. The highest BCUT2D eigenvalue weighted by atomic mass is 35.5. The van der Waals surface area contributed by atoms with E-state index in [1.807, 2.05) is 6.92 Å². The largest absolute Gasteiger partial charge is 0.349 e. The van der Waals surface area contributed by atoms with Gasteiger partial charge >= 0.3 is 0 Å². The first-order chi connectivity index (χ1) is 12.1. The number of hydrogen-bond acceptors (Lipinski definition) is 4. The zero-order chi connectivity index (χ0) is 19.5. The van der Waals surface area contributed by atoms with Gasteiger partial charge in [0.05, 0.1) is 21.2 Å². The van der Waals surface area contributed by atoms with Gasteiger partial charge < -0.3 is 5.32 Å². The Balaban J connectivity index is 2.02. The summed E-state index contributed by atoms with van der Waals surface area (Å²) in [4.78, 5) is 13.2. The molecule has 0 saturated heterocycles. The van der Waals surface area contributed by atoms with Crippen molar-refractivity contribution < 1.29 is 13.2 Å². The zero-order valence-electron chi connectivity index (χ0n) is 14.1. The number of sulfonamides is 1. The average molecular weight is 433 g/mol. The lowest BCUT2D eigenvalue weighted by Gasteiger charge is -2.18. The molecule has 2 unspecified atom stereocenters. The van der Waals surface area contributed by atoms with Crippen LogP contribution in [-0.2, 0) is 14.8 Å². The van der Waals surface area contributed by atoms with Crippen molar-refractivity contribution in [2.75, 3.05) is 0 Å². The molecular formula is C17H18Cl2N2O3S2. The Labute approximate surface area is 167 Å². The quantitative estimate of drug-likeness (QED) is 0.674. The molecule has 5 nitrogen and oxygen atoms in total. The number of primary sulfonamides is 1. The van der Waals surface area contributed by atoms with Crippen molar-refractivity contribution in [3.8, 4) is 0 Å². The molecule has 0 bridgehead atoms. The molecule has 0 heterocycles. The smallest absolute Gasteiger partial charge is 0.238 e. The second-order valence-corrected chi connectivity index (χ2v) is 9.47. The Hall–Kier alpha value is -1.25. The van der Waals surface area contributed by atoms with Gasteiger partial charge in [0.1, 0.15) is 0 Å². The number of benzene rings is 2. The van der Waals surface area contributed by atoms with Gasteiger partial charge in [-0.2, -0.15) is 0 Å². The van der Waals surface area contributed by atoms with Gasteiger partial charge in [0.25, 0.3) is 0 Å². The maximum absolute atomic E-state index is 12.4. The summed E-state index contributed by atoms with van der Waals surface area (Å²) in [5.74, 6) is -0.172. The molecular weight excluding hydrogens is 415 g/mol. The zero-order valence-corrected chi connectivity index (χ0v) is 17.2. The Bertz CT molecular complexity index is 903. The Morgan fingerprint density at radius 1 is 1.12 bits per heavy atom. The predicted octanol–water partition coefficient (Wildman–Crippen LogP) is 4.00. The van der Waals surface area contributed by atoms with Gasteiger partial charge in [-0.25, -0.2) is 13.6 Å². The van der Waals surface area contributed by atoms with E-state index in [1.165, 1.54) is 23.9 Å². The lowest BCUT2D eigenvalue weighted by Crippen LogP contribution is -2.33. The summed E-state index contributed by atoms with van der Waals surface area (Å²) in [5, 5.41) is 8.66.